The van der Waals surface area contributed by atoms with Crippen LogP contribution < -0.4 is 5.32 Å². The van der Waals surface area contributed by atoms with Crippen LogP contribution in [0.4, 0.5) is 4.39 Å². The van der Waals surface area contributed by atoms with E-state index in [1.54, 1.807) is 17.4 Å². The quantitative estimate of drug-likeness (QED) is 0.919. The van der Waals surface area contributed by atoms with Crippen molar-refractivity contribution in [1.82, 2.24) is 10.3 Å². The summed E-state index contributed by atoms with van der Waals surface area (Å²) in [6.07, 6.45) is 0. The number of rotatable bonds is 4. The zero-order valence-corrected chi connectivity index (χ0v) is 10.9. The highest BCUT2D eigenvalue weighted by atomic mass is 35.5. The van der Waals surface area contributed by atoms with E-state index in [0.717, 1.165) is 17.8 Å². The SMILES string of the molecule is Cc1ncsc1CNCc1ccc(Cl)c(F)c1. The molecule has 2 aromatic rings. The summed E-state index contributed by atoms with van der Waals surface area (Å²) in [6.45, 7) is 3.35. The van der Waals surface area contributed by atoms with Gasteiger partial charge < -0.3 is 5.32 Å². The number of benzene rings is 1. The van der Waals surface area contributed by atoms with Gasteiger partial charge in [-0.2, -0.15) is 0 Å². The monoisotopic (exact) mass is 270 g/mol. The molecule has 17 heavy (non-hydrogen) atoms. The zero-order chi connectivity index (χ0) is 12.3. The van der Waals surface area contributed by atoms with E-state index in [9.17, 15) is 4.39 Å². The summed E-state index contributed by atoms with van der Waals surface area (Å²) in [7, 11) is 0. The van der Waals surface area contributed by atoms with Crippen molar-refractivity contribution in [1.29, 1.82) is 0 Å². The van der Waals surface area contributed by atoms with Crippen molar-refractivity contribution in [2.45, 2.75) is 20.0 Å². The van der Waals surface area contributed by atoms with Crippen LogP contribution in [0, 0.1) is 12.7 Å². The molecule has 0 spiro atoms. The molecule has 0 aliphatic carbocycles. The highest BCUT2D eigenvalue weighted by molar-refractivity contribution is 7.09. The smallest absolute Gasteiger partial charge is 0.142 e. The molecule has 0 amide bonds. The number of nitrogens with zero attached hydrogens (tertiary/aromatic N) is 1. The second-order valence-electron chi connectivity index (χ2n) is 3.71. The summed E-state index contributed by atoms with van der Waals surface area (Å²) in [4.78, 5) is 5.38. The summed E-state index contributed by atoms with van der Waals surface area (Å²) < 4.78 is 13.2. The Bertz CT molecular complexity index is 513. The van der Waals surface area contributed by atoms with E-state index in [1.165, 1.54) is 10.9 Å². The van der Waals surface area contributed by atoms with Gasteiger partial charge in [-0.3, -0.25) is 0 Å². The van der Waals surface area contributed by atoms with Crippen LogP contribution in [0.15, 0.2) is 23.7 Å². The van der Waals surface area contributed by atoms with Gasteiger partial charge >= 0.3 is 0 Å². The highest BCUT2D eigenvalue weighted by Crippen LogP contribution is 2.16. The molecule has 0 fully saturated rings. The minimum absolute atomic E-state index is 0.159. The molecule has 0 aliphatic heterocycles. The lowest BCUT2D eigenvalue weighted by Crippen LogP contribution is -2.12. The molecule has 0 radical (unpaired) electrons. The highest BCUT2D eigenvalue weighted by Gasteiger charge is 2.03. The molecule has 5 heteroatoms. The predicted molar refractivity (Wildman–Crippen MR) is 68.8 cm³/mol. The van der Waals surface area contributed by atoms with Crippen molar-refractivity contribution in [3.63, 3.8) is 0 Å². The van der Waals surface area contributed by atoms with E-state index >= 15 is 0 Å². The van der Waals surface area contributed by atoms with Crippen LogP contribution in [0.1, 0.15) is 16.1 Å². The lowest BCUT2D eigenvalue weighted by Gasteiger charge is -2.04. The number of aryl methyl sites for hydroxylation is 1. The minimum atomic E-state index is -0.375. The van der Waals surface area contributed by atoms with E-state index in [2.05, 4.69) is 10.3 Å². The molecule has 0 atom stereocenters. The molecule has 0 unspecified atom stereocenters. The van der Waals surface area contributed by atoms with E-state index < -0.39 is 0 Å². The van der Waals surface area contributed by atoms with Crippen molar-refractivity contribution >= 4 is 22.9 Å². The maximum Gasteiger partial charge on any atom is 0.142 e. The topological polar surface area (TPSA) is 24.9 Å². The molecule has 1 N–H and O–H groups in total. The second-order valence-corrected chi connectivity index (χ2v) is 5.06. The third-order valence-corrected chi connectivity index (χ3v) is 3.69. The third-order valence-electron chi connectivity index (χ3n) is 2.44. The van der Waals surface area contributed by atoms with Crippen molar-refractivity contribution in [3.8, 4) is 0 Å². The Kier molecular flexibility index (Phi) is 4.10. The Hall–Kier alpha value is -0.970. The fourth-order valence-electron chi connectivity index (χ4n) is 1.47. The maximum atomic E-state index is 13.2. The van der Waals surface area contributed by atoms with Gasteiger partial charge in [-0.15, -0.1) is 11.3 Å². The number of nitrogens with one attached hydrogen (secondary N) is 1. The summed E-state index contributed by atoms with van der Waals surface area (Å²) in [5.74, 6) is -0.375. The number of halogens is 2. The maximum absolute atomic E-state index is 13.2. The molecule has 0 saturated heterocycles. The first-order chi connectivity index (χ1) is 8.16. The van der Waals surface area contributed by atoms with Crippen LogP contribution in [0.2, 0.25) is 5.02 Å². The molecular weight excluding hydrogens is 259 g/mol. The molecule has 1 heterocycles. The van der Waals surface area contributed by atoms with Crippen molar-refractivity contribution in [2.75, 3.05) is 0 Å². The molecule has 0 aliphatic rings. The molecule has 1 aromatic heterocycles. The Morgan fingerprint density at radius 1 is 1.41 bits per heavy atom. The number of hydrogen-bond donors (Lipinski definition) is 1. The van der Waals surface area contributed by atoms with Crippen LogP contribution in [0.5, 0.6) is 0 Å². The first-order valence-electron chi connectivity index (χ1n) is 5.20. The number of aromatic nitrogens is 1. The average Bonchev–Trinajstić information content (AvgIpc) is 2.70. The minimum Gasteiger partial charge on any atom is -0.308 e. The molecular formula is C12H12ClFN2S. The molecule has 0 saturated carbocycles. The predicted octanol–water partition coefficient (Wildman–Crippen LogP) is 3.53. The molecule has 90 valence electrons. The van der Waals surface area contributed by atoms with Crippen LogP contribution in [0.25, 0.3) is 0 Å². The van der Waals surface area contributed by atoms with Crippen molar-refractivity contribution in [2.24, 2.45) is 0 Å². The fraction of sp³-hybridized carbons (Fsp3) is 0.250. The summed E-state index contributed by atoms with van der Waals surface area (Å²) in [5, 5.41) is 3.41. The average molecular weight is 271 g/mol. The van der Waals surface area contributed by atoms with Gasteiger partial charge in [-0.25, -0.2) is 9.37 Å². The van der Waals surface area contributed by atoms with E-state index in [1.807, 2.05) is 18.5 Å². The van der Waals surface area contributed by atoms with Crippen LogP contribution >= 0.6 is 22.9 Å². The first-order valence-corrected chi connectivity index (χ1v) is 6.46. The van der Waals surface area contributed by atoms with Gasteiger partial charge in [0.25, 0.3) is 0 Å². The van der Waals surface area contributed by atoms with Crippen molar-refractivity contribution in [3.05, 3.63) is 50.7 Å². The van der Waals surface area contributed by atoms with Crippen molar-refractivity contribution < 1.29 is 4.39 Å². The number of thiazole rings is 1. The van der Waals surface area contributed by atoms with E-state index in [-0.39, 0.29) is 10.8 Å². The van der Waals surface area contributed by atoms with Gasteiger partial charge in [0.15, 0.2) is 0 Å². The van der Waals surface area contributed by atoms with E-state index in [4.69, 9.17) is 11.6 Å². The molecule has 2 nitrogen and oxygen atoms in total. The molecule has 0 bridgehead atoms. The van der Waals surface area contributed by atoms with Crippen LogP contribution in [-0.2, 0) is 13.1 Å². The largest absolute Gasteiger partial charge is 0.308 e. The fourth-order valence-corrected chi connectivity index (χ4v) is 2.33. The Labute approximate surface area is 108 Å². The number of hydrogen-bond acceptors (Lipinski definition) is 3. The normalized spacial score (nSPS) is 10.8. The third kappa shape index (κ3) is 3.25. The van der Waals surface area contributed by atoms with Gasteiger partial charge in [0.1, 0.15) is 5.82 Å². The standard InChI is InChI=1S/C12H12ClFN2S/c1-8-12(17-7-16-8)6-15-5-9-2-3-10(13)11(14)4-9/h2-4,7,15H,5-6H2,1H3. The molecule has 1 aromatic carbocycles. The lowest BCUT2D eigenvalue weighted by atomic mass is 10.2. The first kappa shape index (κ1) is 12.5. The van der Waals surface area contributed by atoms with Gasteiger partial charge in [-0.05, 0) is 24.6 Å². The Morgan fingerprint density at radius 2 is 2.24 bits per heavy atom. The van der Waals surface area contributed by atoms with E-state index in [0.29, 0.717) is 6.54 Å². The van der Waals surface area contributed by atoms with Crippen LogP contribution in [-0.4, -0.2) is 4.98 Å². The Balaban J connectivity index is 1.90. The Morgan fingerprint density at radius 3 is 2.88 bits per heavy atom. The van der Waals surface area contributed by atoms with Crippen LogP contribution in [0.3, 0.4) is 0 Å². The summed E-state index contributed by atoms with van der Waals surface area (Å²) in [6, 6.07) is 4.85. The van der Waals surface area contributed by atoms with Gasteiger partial charge in [-0.1, -0.05) is 17.7 Å². The zero-order valence-electron chi connectivity index (χ0n) is 9.34. The van der Waals surface area contributed by atoms with Gasteiger partial charge in [0.05, 0.1) is 16.2 Å². The second kappa shape index (κ2) is 5.58. The summed E-state index contributed by atoms with van der Waals surface area (Å²) in [5.41, 5.74) is 3.76. The van der Waals surface area contributed by atoms with Gasteiger partial charge in [0, 0.05) is 18.0 Å². The lowest BCUT2D eigenvalue weighted by molar-refractivity contribution is 0.621. The van der Waals surface area contributed by atoms with Gasteiger partial charge in [0.2, 0.25) is 0 Å². The summed E-state index contributed by atoms with van der Waals surface area (Å²) >= 11 is 7.24. The molecule has 2 rings (SSSR count).